The summed E-state index contributed by atoms with van der Waals surface area (Å²) in [6, 6.07) is 4.13. The normalized spacial score (nSPS) is 35.5. The molecule has 2 saturated carbocycles. The number of rotatable bonds is 4. The van der Waals surface area contributed by atoms with Crippen LogP contribution in [0.25, 0.3) is 0 Å². The van der Waals surface area contributed by atoms with Gasteiger partial charge in [-0.25, -0.2) is 4.98 Å². The number of hydrogen-bond donors (Lipinski definition) is 0. The van der Waals surface area contributed by atoms with Gasteiger partial charge in [0.1, 0.15) is 10.8 Å². The third kappa shape index (κ3) is 2.47. The third-order valence-corrected chi connectivity index (χ3v) is 6.21. The first-order valence-electron chi connectivity index (χ1n) is 8.62. The number of halogens is 1. The van der Waals surface area contributed by atoms with Crippen molar-refractivity contribution in [2.75, 3.05) is 26.7 Å². The number of pyridine rings is 1. The Kier molecular flexibility index (Phi) is 3.91. The average Bonchev–Trinajstić information content (AvgIpc) is 3.30. The Balaban J connectivity index is 1.66. The first-order valence-corrected chi connectivity index (χ1v) is 8.99. The molecule has 0 N–H and O–H groups in total. The van der Waals surface area contributed by atoms with E-state index in [2.05, 4.69) is 16.0 Å². The number of piperidine rings is 1. The Morgan fingerprint density at radius 3 is 2.59 bits per heavy atom. The van der Waals surface area contributed by atoms with Gasteiger partial charge in [0.05, 0.1) is 0 Å². The fraction of sp³-hybridized carbons (Fsp3) is 0.722. The molecule has 3 fully saturated rings. The monoisotopic (exact) mass is 320 g/mol. The van der Waals surface area contributed by atoms with Crippen LogP contribution in [0.15, 0.2) is 18.3 Å². The van der Waals surface area contributed by atoms with E-state index in [9.17, 15) is 0 Å². The summed E-state index contributed by atoms with van der Waals surface area (Å²) < 4.78 is 6.24. The molecule has 0 aromatic carbocycles. The summed E-state index contributed by atoms with van der Waals surface area (Å²) in [5, 5.41) is 0.576. The summed E-state index contributed by atoms with van der Waals surface area (Å²) in [6.45, 7) is 3.63. The van der Waals surface area contributed by atoms with Gasteiger partial charge in [-0.15, -0.1) is 0 Å². The molecule has 2 heterocycles. The maximum absolute atomic E-state index is 6.24. The van der Waals surface area contributed by atoms with Gasteiger partial charge in [-0.05, 0) is 49.3 Å². The predicted octanol–water partition coefficient (Wildman–Crippen LogP) is 3.72. The molecule has 1 aliphatic heterocycles. The SMILES string of the molecule is CO[C@@]1(c2ccnc(Cl)c2)[C@@H]2CCC[C@H]1CN(CC1CC1)C2. The molecule has 2 aliphatic carbocycles. The van der Waals surface area contributed by atoms with E-state index in [-0.39, 0.29) is 5.60 Å². The summed E-state index contributed by atoms with van der Waals surface area (Å²) >= 11 is 6.17. The van der Waals surface area contributed by atoms with Crippen LogP contribution < -0.4 is 0 Å². The van der Waals surface area contributed by atoms with Crippen LogP contribution in [-0.2, 0) is 10.3 Å². The zero-order chi connectivity index (χ0) is 15.2. The summed E-state index contributed by atoms with van der Waals surface area (Å²) in [6.07, 6.45) is 8.53. The number of nitrogens with zero attached hydrogens (tertiary/aromatic N) is 2. The van der Waals surface area contributed by atoms with Crippen molar-refractivity contribution in [1.29, 1.82) is 0 Å². The molecule has 0 radical (unpaired) electrons. The minimum atomic E-state index is -0.162. The van der Waals surface area contributed by atoms with Crippen molar-refractivity contribution >= 4 is 11.6 Å². The Bertz CT molecular complexity index is 532. The van der Waals surface area contributed by atoms with Gasteiger partial charge in [0.15, 0.2) is 0 Å². The Hall–Kier alpha value is -0.640. The van der Waals surface area contributed by atoms with E-state index < -0.39 is 0 Å². The summed E-state index contributed by atoms with van der Waals surface area (Å²) in [7, 11) is 1.89. The van der Waals surface area contributed by atoms with Crippen molar-refractivity contribution in [3.8, 4) is 0 Å². The molecule has 3 atom stereocenters. The predicted molar refractivity (Wildman–Crippen MR) is 87.9 cm³/mol. The van der Waals surface area contributed by atoms with Crippen LogP contribution in [0.1, 0.15) is 37.7 Å². The van der Waals surface area contributed by atoms with Crippen LogP contribution in [0.4, 0.5) is 0 Å². The van der Waals surface area contributed by atoms with Crippen LogP contribution >= 0.6 is 11.6 Å². The van der Waals surface area contributed by atoms with Crippen molar-refractivity contribution in [1.82, 2.24) is 9.88 Å². The number of aromatic nitrogens is 1. The van der Waals surface area contributed by atoms with Crippen LogP contribution in [-0.4, -0.2) is 36.6 Å². The molecule has 1 aromatic heterocycles. The smallest absolute Gasteiger partial charge is 0.129 e. The van der Waals surface area contributed by atoms with E-state index in [1.54, 1.807) is 0 Å². The fourth-order valence-corrected chi connectivity index (χ4v) is 5.08. The molecule has 0 amide bonds. The van der Waals surface area contributed by atoms with Gasteiger partial charge in [0, 0.05) is 44.8 Å². The van der Waals surface area contributed by atoms with Crippen molar-refractivity contribution in [2.45, 2.75) is 37.7 Å². The fourth-order valence-electron chi connectivity index (χ4n) is 4.91. The van der Waals surface area contributed by atoms with Gasteiger partial charge in [0.25, 0.3) is 0 Å². The first-order chi connectivity index (χ1) is 10.7. The molecular weight excluding hydrogens is 296 g/mol. The van der Waals surface area contributed by atoms with Crippen LogP contribution in [0.3, 0.4) is 0 Å². The van der Waals surface area contributed by atoms with Crippen LogP contribution in [0.5, 0.6) is 0 Å². The second kappa shape index (κ2) is 5.77. The van der Waals surface area contributed by atoms with Crippen molar-refractivity contribution < 1.29 is 4.74 Å². The number of fused-ring (bicyclic) bond motifs is 2. The maximum atomic E-state index is 6.24. The van der Waals surface area contributed by atoms with E-state index >= 15 is 0 Å². The van der Waals surface area contributed by atoms with Gasteiger partial charge < -0.3 is 9.64 Å². The second-order valence-corrected chi connectivity index (χ2v) is 7.74. The second-order valence-electron chi connectivity index (χ2n) is 7.35. The van der Waals surface area contributed by atoms with E-state index in [4.69, 9.17) is 16.3 Å². The zero-order valence-electron chi connectivity index (χ0n) is 13.3. The lowest BCUT2D eigenvalue weighted by molar-refractivity contribution is -0.169. The molecule has 0 spiro atoms. The molecular formula is C18H25ClN2O. The molecule has 120 valence electrons. The topological polar surface area (TPSA) is 25.4 Å². The zero-order valence-corrected chi connectivity index (χ0v) is 14.1. The van der Waals surface area contributed by atoms with Crippen LogP contribution in [0.2, 0.25) is 5.15 Å². The minimum Gasteiger partial charge on any atom is -0.373 e. The van der Waals surface area contributed by atoms with Gasteiger partial charge in [-0.2, -0.15) is 0 Å². The summed E-state index contributed by atoms with van der Waals surface area (Å²) in [5.74, 6) is 2.11. The molecule has 1 aromatic rings. The molecule has 4 heteroatoms. The largest absolute Gasteiger partial charge is 0.373 e. The van der Waals surface area contributed by atoms with Gasteiger partial charge in [0.2, 0.25) is 0 Å². The van der Waals surface area contributed by atoms with E-state index in [0.29, 0.717) is 17.0 Å². The number of methoxy groups -OCH3 is 1. The molecule has 3 nitrogen and oxygen atoms in total. The molecule has 22 heavy (non-hydrogen) atoms. The van der Waals surface area contributed by atoms with Gasteiger partial charge in [-0.1, -0.05) is 18.0 Å². The summed E-state index contributed by atoms with van der Waals surface area (Å²) in [5.41, 5.74) is 1.07. The van der Waals surface area contributed by atoms with Crippen LogP contribution in [0, 0.1) is 17.8 Å². The first kappa shape index (κ1) is 14.9. The Labute approximate surface area is 138 Å². The minimum absolute atomic E-state index is 0.162. The quantitative estimate of drug-likeness (QED) is 0.791. The standard InChI is InChI=1S/C18H25ClN2O/c1-22-18(14-7-8-20-17(19)9-14)15-3-2-4-16(18)12-21(11-15)10-13-5-6-13/h7-9,13,15-16H,2-6,10-12H2,1H3/t15-,16+,18+. The third-order valence-electron chi connectivity index (χ3n) is 6.00. The summed E-state index contributed by atoms with van der Waals surface area (Å²) in [4.78, 5) is 6.86. The van der Waals surface area contributed by atoms with Gasteiger partial charge >= 0.3 is 0 Å². The molecule has 1 saturated heterocycles. The number of hydrogen-bond acceptors (Lipinski definition) is 3. The number of ether oxygens (including phenoxy) is 1. The van der Waals surface area contributed by atoms with E-state index in [1.165, 1.54) is 57.3 Å². The molecule has 0 unspecified atom stereocenters. The lowest BCUT2D eigenvalue weighted by Crippen LogP contribution is -2.59. The molecule has 3 aliphatic rings. The number of likely N-dealkylation sites (tertiary alicyclic amines) is 1. The van der Waals surface area contributed by atoms with Crippen molar-refractivity contribution in [3.63, 3.8) is 0 Å². The van der Waals surface area contributed by atoms with E-state index in [1.807, 2.05) is 19.4 Å². The highest BCUT2D eigenvalue weighted by Gasteiger charge is 2.53. The van der Waals surface area contributed by atoms with E-state index in [0.717, 1.165) is 5.92 Å². The Morgan fingerprint density at radius 2 is 2.00 bits per heavy atom. The molecule has 2 bridgehead atoms. The average molecular weight is 321 g/mol. The van der Waals surface area contributed by atoms with Gasteiger partial charge in [-0.3, -0.25) is 0 Å². The highest BCUT2D eigenvalue weighted by Crippen LogP contribution is 2.52. The maximum Gasteiger partial charge on any atom is 0.129 e. The van der Waals surface area contributed by atoms with Crippen molar-refractivity contribution in [3.05, 3.63) is 29.0 Å². The van der Waals surface area contributed by atoms with Crippen molar-refractivity contribution in [2.24, 2.45) is 17.8 Å². The molecule has 4 rings (SSSR count). The lowest BCUT2D eigenvalue weighted by Gasteiger charge is -2.55. The highest BCUT2D eigenvalue weighted by atomic mass is 35.5. The lowest BCUT2D eigenvalue weighted by atomic mass is 9.62. The Morgan fingerprint density at radius 1 is 1.27 bits per heavy atom. The highest BCUT2D eigenvalue weighted by molar-refractivity contribution is 6.29.